The number of carbonyl (C=O) groups excluding carboxylic acids is 1. The predicted molar refractivity (Wildman–Crippen MR) is 84.9 cm³/mol. The Morgan fingerprint density at radius 2 is 1.86 bits per heavy atom. The second-order valence-corrected chi connectivity index (χ2v) is 6.32. The summed E-state index contributed by atoms with van der Waals surface area (Å²) >= 11 is 0. The van der Waals surface area contributed by atoms with E-state index in [9.17, 15) is 13.2 Å². The van der Waals surface area contributed by atoms with Crippen LogP contribution in [0.5, 0.6) is 5.75 Å². The number of anilines is 1. The van der Waals surface area contributed by atoms with Gasteiger partial charge in [-0.1, -0.05) is 25.1 Å². The van der Waals surface area contributed by atoms with E-state index >= 15 is 0 Å². The minimum atomic E-state index is -3.73. The fourth-order valence-corrected chi connectivity index (χ4v) is 2.92. The van der Waals surface area contributed by atoms with Crippen molar-refractivity contribution in [2.75, 3.05) is 11.3 Å². The highest BCUT2D eigenvalue weighted by Gasteiger charge is 2.16. The van der Waals surface area contributed by atoms with Gasteiger partial charge in [0.2, 0.25) is 0 Å². The summed E-state index contributed by atoms with van der Waals surface area (Å²) in [5.74, 6) is 0.395. The van der Waals surface area contributed by atoms with Crippen molar-refractivity contribution < 1.29 is 17.9 Å². The van der Waals surface area contributed by atoms with Crippen LogP contribution in [0, 0.1) is 0 Å². The van der Waals surface area contributed by atoms with Gasteiger partial charge in [0.15, 0.2) is 0 Å². The molecule has 1 N–H and O–H groups in total. The maximum Gasteiger partial charge on any atom is 0.262 e. The Kier molecular flexibility index (Phi) is 5.16. The average Bonchev–Trinajstić information content (AvgIpc) is 2.54. The van der Waals surface area contributed by atoms with Crippen LogP contribution in [0.25, 0.3) is 0 Å². The summed E-state index contributed by atoms with van der Waals surface area (Å²) in [4.78, 5) is 11.0. The molecule has 0 heterocycles. The number of benzene rings is 2. The molecule has 0 saturated heterocycles. The fourth-order valence-electron chi connectivity index (χ4n) is 1.84. The zero-order valence-electron chi connectivity index (χ0n) is 12.2. The summed E-state index contributed by atoms with van der Waals surface area (Å²) in [5.41, 5.74) is 0.622. The first-order valence-corrected chi connectivity index (χ1v) is 8.35. The van der Waals surface area contributed by atoms with Gasteiger partial charge in [-0.05, 0) is 36.8 Å². The monoisotopic (exact) mass is 319 g/mol. The smallest absolute Gasteiger partial charge is 0.262 e. The van der Waals surface area contributed by atoms with Crippen LogP contribution in [0.3, 0.4) is 0 Å². The molecule has 0 saturated carbocycles. The Labute approximate surface area is 130 Å². The number of ether oxygens (including phenoxy) is 1. The minimum Gasteiger partial charge on any atom is -0.491 e. The lowest BCUT2D eigenvalue weighted by atomic mass is 10.2. The van der Waals surface area contributed by atoms with Gasteiger partial charge in [-0.2, -0.15) is 0 Å². The Balaban J connectivity index is 2.36. The van der Waals surface area contributed by atoms with Crippen molar-refractivity contribution in [3.63, 3.8) is 0 Å². The SMILES string of the molecule is CCCOc1ccc(C=O)cc1NS(=O)(=O)c1ccccc1. The van der Waals surface area contributed by atoms with Crippen LogP contribution in [0.4, 0.5) is 5.69 Å². The predicted octanol–water partition coefficient (Wildman–Crippen LogP) is 3.09. The molecule has 5 nitrogen and oxygen atoms in total. The third-order valence-electron chi connectivity index (χ3n) is 2.90. The quantitative estimate of drug-likeness (QED) is 0.796. The molecule has 116 valence electrons. The van der Waals surface area contributed by atoms with E-state index < -0.39 is 10.0 Å². The van der Waals surface area contributed by atoms with Gasteiger partial charge in [0.05, 0.1) is 17.2 Å². The molecular weight excluding hydrogens is 302 g/mol. The van der Waals surface area contributed by atoms with Gasteiger partial charge >= 0.3 is 0 Å². The highest BCUT2D eigenvalue weighted by molar-refractivity contribution is 7.92. The van der Waals surface area contributed by atoms with Crippen molar-refractivity contribution in [1.82, 2.24) is 0 Å². The molecule has 0 aliphatic rings. The van der Waals surface area contributed by atoms with Crippen LogP contribution >= 0.6 is 0 Å². The van der Waals surface area contributed by atoms with Crippen molar-refractivity contribution in [1.29, 1.82) is 0 Å². The van der Waals surface area contributed by atoms with Gasteiger partial charge in [-0.3, -0.25) is 9.52 Å². The molecule has 0 bridgehead atoms. The molecule has 0 unspecified atom stereocenters. The topological polar surface area (TPSA) is 72.5 Å². The third-order valence-corrected chi connectivity index (χ3v) is 4.28. The normalized spacial score (nSPS) is 11.0. The maximum absolute atomic E-state index is 12.4. The van der Waals surface area contributed by atoms with Crippen molar-refractivity contribution >= 4 is 22.0 Å². The summed E-state index contributed by atoms with van der Waals surface area (Å²) in [6.07, 6.45) is 1.45. The van der Waals surface area contributed by atoms with E-state index in [1.54, 1.807) is 30.3 Å². The summed E-state index contributed by atoms with van der Waals surface area (Å²) < 4.78 is 32.7. The van der Waals surface area contributed by atoms with Gasteiger partial charge in [0.1, 0.15) is 12.0 Å². The molecule has 22 heavy (non-hydrogen) atoms. The lowest BCUT2D eigenvalue weighted by molar-refractivity contribution is 0.112. The molecule has 0 atom stereocenters. The van der Waals surface area contributed by atoms with Gasteiger partial charge < -0.3 is 4.74 Å². The standard InChI is InChI=1S/C16H17NO4S/c1-2-10-21-16-9-8-13(12-18)11-15(16)17-22(19,20)14-6-4-3-5-7-14/h3-9,11-12,17H,2,10H2,1H3. The molecule has 2 rings (SSSR count). The summed E-state index contributed by atoms with van der Waals surface area (Å²) in [7, 11) is -3.73. The van der Waals surface area contributed by atoms with Crippen LogP contribution in [0.1, 0.15) is 23.7 Å². The van der Waals surface area contributed by atoms with Crippen LogP contribution in [0.2, 0.25) is 0 Å². The number of carbonyl (C=O) groups is 1. The minimum absolute atomic E-state index is 0.146. The summed E-state index contributed by atoms with van der Waals surface area (Å²) in [6, 6.07) is 12.6. The number of aldehydes is 1. The zero-order valence-corrected chi connectivity index (χ0v) is 13.0. The average molecular weight is 319 g/mol. The van der Waals surface area contributed by atoms with Gasteiger partial charge in [0.25, 0.3) is 10.0 Å². The second-order valence-electron chi connectivity index (χ2n) is 4.64. The van der Waals surface area contributed by atoms with Crippen LogP contribution in [0.15, 0.2) is 53.4 Å². The molecule has 0 radical (unpaired) electrons. The number of sulfonamides is 1. The van der Waals surface area contributed by atoms with Crippen molar-refractivity contribution in [3.05, 3.63) is 54.1 Å². The van der Waals surface area contributed by atoms with Crippen LogP contribution in [-0.2, 0) is 10.0 Å². The van der Waals surface area contributed by atoms with Crippen LogP contribution in [-0.4, -0.2) is 21.3 Å². The first kappa shape index (κ1) is 16.0. The number of hydrogen-bond acceptors (Lipinski definition) is 4. The summed E-state index contributed by atoms with van der Waals surface area (Å²) in [5, 5.41) is 0. The molecule has 0 aliphatic carbocycles. The third kappa shape index (κ3) is 3.85. The highest BCUT2D eigenvalue weighted by atomic mass is 32.2. The largest absolute Gasteiger partial charge is 0.491 e. The lowest BCUT2D eigenvalue weighted by Gasteiger charge is -2.14. The molecule has 0 amide bonds. The fraction of sp³-hybridized carbons (Fsp3) is 0.188. The van der Waals surface area contributed by atoms with E-state index in [2.05, 4.69) is 4.72 Å². The van der Waals surface area contributed by atoms with E-state index in [4.69, 9.17) is 4.74 Å². The molecule has 6 heteroatoms. The molecule has 0 aliphatic heterocycles. The molecule has 0 aromatic heterocycles. The van der Waals surface area contributed by atoms with E-state index in [1.807, 2.05) is 6.92 Å². The Hall–Kier alpha value is -2.34. The number of rotatable bonds is 7. The molecule has 0 fully saturated rings. The van der Waals surface area contributed by atoms with E-state index in [0.29, 0.717) is 24.2 Å². The van der Waals surface area contributed by atoms with E-state index in [0.717, 1.165) is 6.42 Å². The van der Waals surface area contributed by atoms with Crippen molar-refractivity contribution in [3.8, 4) is 5.75 Å². The highest BCUT2D eigenvalue weighted by Crippen LogP contribution is 2.28. The Bertz CT molecular complexity index is 742. The molecule has 0 spiro atoms. The Morgan fingerprint density at radius 1 is 1.14 bits per heavy atom. The maximum atomic E-state index is 12.4. The molecule has 2 aromatic rings. The Morgan fingerprint density at radius 3 is 2.50 bits per heavy atom. The molecular formula is C16H17NO4S. The molecule has 2 aromatic carbocycles. The van der Waals surface area contributed by atoms with Gasteiger partial charge in [-0.25, -0.2) is 8.42 Å². The zero-order chi connectivity index (χ0) is 16.0. The number of hydrogen-bond donors (Lipinski definition) is 1. The van der Waals surface area contributed by atoms with Gasteiger partial charge in [0, 0.05) is 5.56 Å². The second kappa shape index (κ2) is 7.09. The van der Waals surface area contributed by atoms with E-state index in [-0.39, 0.29) is 10.6 Å². The van der Waals surface area contributed by atoms with E-state index in [1.165, 1.54) is 18.2 Å². The first-order chi connectivity index (χ1) is 10.6. The number of nitrogens with one attached hydrogen (secondary N) is 1. The van der Waals surface area contributed by atoms with Crippen molar-refractivity contribution in [2.24, 2.45) is 0 Å². The van der Waals surface area contributed by atoms with Crippen molar-refractivity contribution in [2.45, 2.75) is 18.2 Å². The first-order valence-electron chi connectivity index (χ1n) is 6.86. The summed E-state index contributed by atoms with van der Waals surface area (Å²) in [6.45, 7) is 2.41. The van der Waals surface area contributed by atoms with Gasteiger partial charge in [-0.15, -0.1) is 0 Å². The lowest BCUT2D eigenvalue weighted by Crippen LogP contribution is -2.14. The van der Waals surface area contributed by atoms with Crippen LogP contribution < -0.4 is 9.46 Å².